The number of methoxy groups -OCH3 is 2. The number of amides is 1. The predicted molar refractivity (Wildman–Crippen MR) is 78.1 cm³/mol. The first-order valence-electron chi connectivity index (χ1n) is 6.41. The molecule has 0 saturated carbocycles. The smallest absolute Gasteiger partial charge is 0.236 e. The molecule has 20 heavy (non-hydrogen) atoms. The molecule has 1 aromatic carbocycles. The summed E-state index contributed by atoms with van der Waals surface area (Å²) in [5.74, 6) is 1.36. The molecule has 6 heteroatoms. The van der Waals surface area contributed by atoms with Crippen molar-refractivity contribution >= 4 is 17.7 Å². The lowest BCUT2D eigenvalue weighted by Crippen LogP contribution is -2.32. The van der Waals surface area contributed by atoms with E-state index in [-0.39, 0.29) is 23.1 Å². The quantitative estimate of drug-likeness (QED) is 0.895. The van der Waals surface area contributed by atoms with E-state index in [4.69, 9.17) is 14.6 Å². The Bertz CT molecular complexity index is 494. The maximum atomic E-state index is 12.1. The Morgan fingerprint density at radius 2 is 2.00 bits per heavy atom. The van der Waals surface area contributed by atoms with Gasteiger partial charge in [0.1, 0.15) is 5.37 Å². The number of carbonyl (C=O) groups is 1. The number of rotatable bonds is 5. The van der Waals surface area contributed by atoms with Gasteiger partial charge in [-0.3, -0.25) is 4.79 Å². The van der Waals surface area contributed by atoms with Crippen molar-refractivity contribution in [3.8, 4) is 11.5 Å². The third kappa shape index (κ3) is 2.71. The van der Waals surface area contributed by atoms with Gasteiger partial charge in [-0.2, -0.15) is 0 Å². The third-order valence-electron chi connectivity index (χ3n) is 3.28. The Labute approximate surface area is 122 Å². The van der Waals surface area contributed by atoms with Crippen LogP contribution < -0.4 is 9.47 Å². The minimum Gasteiger partial charge on any atom is -0.493 e. The van der Waals surface area contributed by atoms with Crippen molar-refractivity contribution in [1.82, 2.24) is 4.90 Å². The largest absolute Gasteiger partial charge is 0.493 e. The highest BCUT2D eigenvalue weighted by molar-refractivity contribution is 8.01. The molecule has 110 valence electrons. The lowest BCUT2D eigenvalue weighted by molar-refractivity contribution is -0.130. The Hall–Kier alpha value is -1.40. The Morgan fingerprint density at radius 3 is 2.60 bits per heavy atom. The molecule has 1 heterocycles. The second kappa shape index (κ2) is 6.37. The first-order chi connectivity index (χ1) is 9.62. The van der Waals surface area contributed by atoms with E-state index in [1.165, 1.54) is 0 Å². The number of nitrogens with zero attached hydrogens (tertiary/aromatic N) is 1. The van der Waals surface area contributed by atoms with E-state index in [1.807, 2.05) is 25.1 Å². The monoisotopic (exact) mass is 297 g/mol. The average Bonchev–Trinajstić information content (AvgIpc) is 2.75. The minimum absolute atomic E-state index is 0.0389. The van der Waals surface area contributed by atoms with Crippen LogP contribution in [0.5, 0.6) is 11.5 Å². The molecule has 5 nitrogen and oxygen atoms in total. The maximum absolute atomic E-state index is 12.1. The van der Waals surface area contributed by atoms with Crippen LogP contribution in [0.2, 0.25) is 0 Å². The molecule has 2 atom stereocenters. The van der Waals surface area contributed by atoms with Crippen molar-refractivity contribution in [3.05, 3.63) is 23.8 Å². The average molecular weight is 297 g/mol. The molecule has 1 aliphatic rings. The predicted octanol–water partition coefficient (Wildman–Crippen LogP) is 1.66. The van der Waals surface area contributed by atoms with Gasteiger partial charge < -0.3 is 19.5 Å². The number of hydrogen-bond acceptors (Lipinski definition) is 5. The van der Waals surface area contributed by atoms with Gasteiger partial charge in [0.15, 0.2) is 11.5 Å². The molecule has 0 radical (unpaired) electrons. The Kier molecular flexibility index (Phi) is 4.77. The zero-order valence-corrected chi connectivity index (χ0v) is 12.6. The number of aliphatic hydroxyl groups is 1. The highest BCUT2D eigenvalue weighted by Crippen LogP contribution is 2.44. The summed E-state index contributed by atoms with van der Waals surface area (Å²) in [5, 5.41) is 8.94. The van der Waals surface area contributed by atoms with Crippen LogP contribution >= 0.6 is 11.8 Å². The lowest BCUT2D eigenvalue weighted by Gasteiger charge is -2.23. The summed E-state index contributed by atoms with van der Waals surface area (Å²) < 4.78 is 10.5. The molecule has 1 saturated heterocycles. The van der Waals surface area contributed by atoms with Gasteiger partial charge >= 0.3 is 0 Å². The third-order valence-corrected chi connectivity index (χ3v) is 4.67. The van der Waals surface area contributed by atoms with Crippen LogP contribution in [0.4, 0.5) is 0 Å². The fraction of sp³-hybridized carbons (Fsp3) is 0.500. The van der Waals surface area contributed by atoms with Crippen molar-refractivity contribution in [2.75, 3.05) is 27.4 Å². The summed E-state index contributed by atoms with van der Waals surface area (Å²) >= 11 is 1.58. The van der Waals surface area contributed by atoms with Crippen LogP contribution in [0, 0.1) is 0 Å². The van der Waals surface area contributed by atoms with Gasteiger partial charge in [-0.25, -0.2) is 0 Å². The zero-order valence-electron chi connectivity index (χ0n) is 11.8. The van der Waals surface area contributed by atoms with E-state index in [1.54, 1.807) is 30.9 Å². The van der Waals surface area contributed by atoms with Crippen LogP contribution in [0.1, 0.15) is 17.9 Å². The van der Waals surface area contributed by atoms with E-state index >= 15 is 0 Å². The van der Waals surface area contributed by atoms with Crippen molar-refractivity contribution in [3.63, 3.8) is 0 Å². The van der Waals surface area contributed by atoms with E-state index in [2.05, 4.69) is 0 Å². The van der Waals surface area contributed by atoms with Gasteiger partial charge in [0.25, 0.3) is 0 Å². The molecule has 0 spiro atoms. The number of β-amino-alcohol motifs (C(OH)–C–C–N with tert-alkyl or cyclic N) is 1. The summed E-state index contributed by atoms with van der Waals surface area (Å²) in [6.07, 6.45) is 0. The second-order valence-corrected chi connectivity index (χ2v) is 5.93. The van der Waals surface area contributed by atoms with Gasteiger partial charge in [-0.05, 0) is 24.6 Å². The molecular weight excluding hydrogens is 278 g/mol. The summed E-state index contributed by atoms with van der Waals surface area (Å²) in [6.45, 7) is 2.19. The molecule has 1 fully saturated rings. The highest BCUT2D eigenvalue weighted by atomic mass is 32.2. The first kappa shape index (κ1) is 15.0. The van der Waals surface area contributed by atoms with Gasteiger partial charge in [0, 0.05) is 6.54 Å². The zero-order chi connectivity index (χ0) is 14.7. The minimum atomic E-state index is -0.0975. The number of hydrogen-bond donors (Lipinski definition) is 1. The van der Waals surface area contributed by atoms with Crippen molar-refractivity contribution in [2.24, 2.45) is 0 Å². The number of ether oxygens (including phenoxy) is 2. The Balaban J connectivity index is 2.32. The molecule has 2 unspecified atom stereocenters. The number of thioether (sulfide) groups is 1. The van der Waals surface area contributed by atoms with Crippen LogP contribution in [0.25, 0.3) is 0 Å². The van der Waals surface area contributed by atoms with Gasteiger partial charge in [-0.15, -0.1) is 11.8 Å². The molecule has 0 bridgehead atoms. The maximum Gasteiger partial charge on any atom is 0.236 e. The molecule has 1 amide bonds. The standard InChI is InChI=1S/C14H19NO4S/c1-9-13(17)15(6-7-16)14(20-9)10-4-5-11(18-2)12(8-10)19-3/h4-5,8-9,14,16H,6-7H2,1-3H3. The van der Waals surface area contributed by atoms with Crippen molar-refractivity contribution in [2.45, 2.75) is 17.5 Å². The SMILES string of the molecule is COc1ccc(C2SC(C)C(=O)N2CCO)cc1OC. The summed E-state index contributed by atoms with van der Waals surface area (Å²) in [6, 6.07) is 5.64. The molecule has 0 aromatic heterocycles. The normalized spacial score (nSPS) is 22.2. The van der Waals surface area contributed by atoms with Gasteiger partial charge in [0.2, 0.25) is 5.91 Å². The highest BCUT2D eigenvalue weighted by Gasteiger charge is 2.38. The fourth-order valence-electron chi connectivity index (χ4n) is 2.27. The topological polar surface area (TPSA) is 59.0 Å². The molecular formula is C14H19NO4S. The number of benzene rings is 1. The second-order valence-electron chi connectivity index (χ2n) is 4.50. The van der Waals surface area contributed by atoms with E-state index in [0.29, 0.717) is 18.0 Å². The molecule has 1 aliphatic heterocycles. The van der Waals surface area contributed by atoms with E-state index < -0.39 is 0 Å². The molecule has 0 aliphatic carbocycles. The molecule has 2 rings (SSSR count). The number of carbonyl (C=O) groups excluding carboxylic acids is 1. The first-order valence-corrected chi connectivity index (χ1v) is 7.35. The van der Waals surface area contributed by atoms with Crippen LogP contribution in [0.3, 0.4) is 0 Å². The van der Waals surface area contributed by atoms with Crippen molar-refractivity contribution in [1.29, 1.82) is 0 Å². The van der Waals surface area contributed by atoms with Crippen LogP contribution in [0.15, 0.2) is 18.2 Å². The van der Waals surface area contributed by atoms with Gasteiger partial charge in [-0.1, -0.05) is 6.07 Å². The van der Waals surface area contributed by atoms with E-state index in [0.717, 1.165) is 5.56 Å². The number of aliphatic hydroxyl groups excluding tert-OH is 1. The summed E-state index contributed by atoms with van der Waals surface area (Å²) in [7, 11) is 3.17. The van der Waals surface area contributed by atoms with Crippen LogP contribution in [-0.2, 0) is 4.79 Å². The van der Waals surface area contributed by atoms with Crippen LogP contribution in [-0.4, -0.2) is 48.5 Å². The molecule has 1 aromatic rings. The van der Waals surface area contributed by atoms with E-state index in [9.17, 15) is 4.79 Å². The lowest BCUT2D eigenvalue weighted by atomic mass is 10.1. The Morgan fingerprint density at radius 1 is 1.30 bits per heavy atom. The summed E-state index contributed by atoms with van der Waals surface area (Å²) in [5.41, 5.74) is 0.971. The van der Waals surface area contributed by atoms with Crippen molar-refractivity contribution < 1.29 is 19.4 Å². The summed E-state index contributed by atoms with van der Waals surface area (Å²) in [4.78, 5) is 13.8. The molecule has 1 N–H and O–H groups in total. The van der Waals surface area contributed by atoms with Gasteiger partial charge in [0.05, 0.1) is 26.1 Å². The fourth-order valence-corrected chi connectivity index (χ4v) is 3.57.